The molecule has 0 atom stereocenters. The highest BCUT2D eigenvalue weighted by atomic mass is 16.2. The first-order valence-corrected chi connectivity index (χ1v) is 9.90. The maximum absolute atomic E-state index is 12.4. The zero-order chi connectivity index (χ0) is 21.4. The molecular formula is C22H22N4O4. The molecule has 0 spiro atoms. The van der Waals surface area contributed by atoms with Crippen molar-refractivity contribution in [2.45, 2.75) is 25.7 Å². The number of imide groups is 2. The number of carbonyl (C=O) groups is 4. The Kier molecular flexibility index (Phi) is 4.99. The summed E-state index contributed by atoms with van der Waals surface area (Å²) in [5.74, 6) is -1.21. The molecule has 8 heteroatoms. The van der Waals surface area contributed by atoms with Crippen molar-refractivity contribution in [3.8, 4) is 0 Å². The Morgan fingerprint density at radius 2 is 0.900 bits per heavy atom. The number of amides is 4. The molecule has 0 radical (unpaired) electrons. The van der Waals surface area contributed by atoms with Crippen molar-refractivity contribution in [2.75, 3.05) is 24.6 Å². The minimum atomic E-state index is -0.312. The van der Waals surface area contributed by atoms with Crippen LogP contribution in [0.3, 0.4) is 0 Å². The number of nitrogen functional groups attached to an aromatic ring is 2. The Hall–Kier alpha value is -3.68. The molecular weight excluding hydrogens is 384 g/mol. The highest BCUT2D eigenvalue weighted by Crippen LogP contribution is 2.26. The van der Waals surface area contributed by atoms with Gasteiger partial charge in [0, 0.05) is 24.5 Å². The van der Waals surface area contributed by atoms with Crippen molar-refractivity contribution >= 4 is 35.0 Å². The fourth-order valence-corrected chi connectivity index (χ4v) is 3.92. The zero-order valence-corrected chi connectivity index (χ0v) is 16.4. The maximum Gasteiger partial charge on any atom is 0.261 e. The lowest BCUT2D eigenvalue weighted by molar-refractivity contribution is 0.0630. The summed E-state index contributed by atoms with van der Waals surface area (Å²) < 4.78 is 0. The molecule has 0 aliphatic carbocycles. The molecule has 30 heavy (non-hydrogen) atoms. The fraction of sp³-hybridized carbons (Fsp3) is 0.273. The number of fused-ring (bicyclic) bond motifs is 2. The molecule has 0 aromatic heterocycles. The van der Waals surface area contributed by atoms with E-state index in [1.165, 1.54) is 21.9 Å². The topological polar surface area (TPSA) is 127 Å². The molecule has 8 nitrogen and oxygen atoms in total. The molecule has 2 heterocycles. The van der Waals surface area contributed by atoms with E-state index in [0.717, 1.165) is 12.8 Å². The average Bonchev–Trinajstić information content (AvgIpc) is 3.09. The molecule has 0 saturated carbocycles. The number of carbonyl (C=O) groups excluding carboxylic acids is 4. The quantitative estimate of drug-likeness (QED) is 0.413. The lowest BCUT2D eigenvalue weighted by atomic mass is 10.1. The van der Waals surface area contributed by atoms with Crippen molar-refractivity contribution in [2.24, 2.45) is 0 Å². The number of benzene rings is 2. The second kappa shape index (κ2) is 7.62. The van der Waals surface area contributed by atoms with Gasteiger partial charge >= 0.3 is 0 Å². The molecule has 2 aliphatic rings. The fourth-order valence-electron chi connectivity index (χ4n) is 3.92. The van der Waals surface area contributed by atoms with Crippen LogP contribution < -0.4 is 11.5 Å². The smallest absolute Gasteiger partial charge is 0.261 e. The molecule has 4 rings (SSSR count). The van der Waals surface area contributed by atoms with E-state index in [9.17, 15) is 19.2 Å². The second-order valence-electron chi connectivity index (χ2n) is 7.55. The molecule has 2 aromatic carbocycles. The van der Waals surface area contributed by atoms with Crippen LogP contribution in [0.15, 0.2) is 36.4 Å². The van der Waals surface area contributed by atoms with Gasteiger partial charge in [-0.05, 0) is 49.2 Å². The first kappa shape index (κ1) is 19.6. The van der Waals surface area contributed by atoms with Gasteiger partial charge in [-0.3, -0.25) is 29.0 Å². The third kappa shape index (κ3) is 3.30. The highest BCUT2D eigenvalue weighted by molar-refractivity contribution is 6.22. The van der Waals surface area contributed by atoms with Crippen LogP contribution >= 0.6 is 0 Å². The lowest BCUT2D eigenvalue weighted by Gasteiger charge is -2.15. The maximum atomic E-state index is 12.4. The molecule has 4 amide bonds. The summed E-state index contributed by atoms with van der Waals surface area (Å²) in [5, 5.41) is 0. The molecule has 0 fully saturated rings. The second-order valence-corrected chi connectivity index (χ2v) is 7.55. The Balaban J connectivity index is 1.23. The van der Waals surface area contributed by atoms with Crippen LogP contribution in [0.5, 0.6) is 0 Å². The van der Waals surface area contributed by atoms with Gasteiger partial charge in [0.05, 0.1) is 22.3 Å². The van der Waals surface area contributed by atoms with E-state index in [4.69, 9.17) is 11.5 Å². The summed E-state index contributed by atoms with van der Waals surface area (Å²) in [6.45, 7) is 0.664. The van der Waals surface area contributed by atoms with Crippen LogP contribution in [-0.4, -0.2) is 46.5 Å². The molecule has 2 aromatic rings. The number of unbranched alkanes of at least 4 members (excludes halogenated alkanes) is 3. The van der Waals surface area contributed by atoms with E-state index in [2.05, 4.69) is 0 Å². The molecule has 2 aliphatic heterocycles. The minimum absolute atomic E-state index is 0.291. The number of rotatable bonds is 7. The Morgan fingerprint density at radius 1 is 0.533 bits per heavy atom. The summed E-state index contributed by atoms with van der Waals surface area (Å²) in [4.78, 5) is 52.1. The highest BCUT2D eigenvalue weighted by Gasteiger charge is 2.36. The minimum Gasteiger partial charge on any atom is -0.399 e. The Labute approximate surface area is 173 Å². The van der Waals surface area contributed by atoms with Crippen molar-refractivity contribution in [3.05, 3.63) is 58.7 Å². The summed E-state index contributed by atoms with van der Waals surface area (Å²) >= 11 is 0. The molecule has 154 valence electrons. The van der Waals surface area contributed by atoms with Crippen LogP contribution in [0.4, 0.5) is 11.4 Å². The third-order valence-corrected chi connectivity index (χ3v) is 5.50. The Bertz CT molecular complexity index is 993. The van der Waals surface area contributed by atoms with Crippen LogP contribution in [0, 0.1) is 0 Å². The number of hydrogen-bond acceptors (Lipinski definition) is 6. The number of hydrogen-bond donors (Lipinski definition) is 2. The SMILES string of the molecule is Nc1ccc2c(c1)C(=O)N(CCCCCCN1C(=O)c3ccc(N)cc3C1=O)C2=O. The summed E-state index contributed by atoms with van der Waals surface area (Å²) in [7, 11) is 0. The zero-order valence-electron chi connectivity index (χ0n) is 16.4. The summed E-state index contributed by atoms with van der Waals surface area (Å²) in [6.07, 6.45) is 2.84. The molecule has 0 saturated heterocycles. The van der Waals surface area contributed by atoms with E-state index in [0.29, 0.717) is 59.6 Å². The predicted molar refractivity (Wildman–Crippen MR) is 111 cm³/mol. The van der Waals surface area contributed by atoms with Crippen molar-refractivity contribution in [3.63, 3.8) is 0 Å². The summed E-state index contributed by atoms with van der Waals surface area (Å²) in [5.41, 5.74) is 13.8. The van der Waals surface area contributed by atoms with Crippen molar-refractivity contribution in [1.82, 2.24) is 9.80 Å². The normalized spacial score (nSPS) is 15.2. The molecule has 4 N–H and O–H groups in total. The van der Waals surface area contributed by atoms with Gasteiger partial charge in [-0.25, -0.2) is 0 Å². The van der Waals surface area contributed by atoms with Crippen LogP contribution in [0.25, 0.3) is 0 Å². The van der Waals surface area contributed by atoms with Gasteiger partial charge in [0.1, 0.15) is 0 Å². The number of nitrogens with zero attached hydrogens (tertiary/aromatic N) is 2. The number of nitrogens with two attached hydrogens (primary N) is 2. The van der Waals surface area contributed by atoms with Crippen molar-refractivity contribution < 1.29 is 19.2 Å². The van der Waals surface area contributed by atoms with Crippen molar-refractivity contribution in [1.29, 1.82) is 0 Å². The van der Waals surface area contributed by atoms with Crippen LogP contribution in [-0.2, 0) is 0 Å². The number of anilines is 2. The predicted octanol–water partition coefficient (Wildman–Crippen LogP) is 2.30. The van der Waals surface area contributed by atoms with E-state index < -0.39 is 0 Å². The van der Waals surface area contributed by atoms with Gasteiger partial charge < -0.3 is 11.5 Å². The van der Waals surface area contributed by atoms with E-state index in [1.54, 1.807) is 24.3 Å². The monoisotopic (exact) mass is 406 g/mol. The van der Waals surface area contributed by atoms with E-state index in [-0.39, 0.29) is 23.6 Å². The van der Waals surface area contributed by atoms with Gasteiger partial charge in [0.2, 0.25) is 0 Å². The van der Waals surface area contributed by atoms with Gasteiger partial charge in [-0.2, -0.15) is 0 Å². The lowest BCUT2D eigenvalue weighted by Crippen LogP contribution is -2.31. The van der Waals surface area contributed by atoms with Crippen LogP contribution in [0.1, 0.15) is 67.1 Å². The molecule has 0 unspecified atom stereocenters. The average molecular weight is 406 g/mol. The first-order valence-electron chi connectivity index (χ1n) is 9.90. The first-order chi connectivity index (χ1) is 14.4. The van der Waals surface area contributed by atoms with E-state index >= 15 is 0 Å². The van der Waals surface area contributed by atoms with Gasteiger partial charge in [-0.1, -0.05) is 12.8 Å². The molecule has 0 bridgehead atoms. The largest absolute Gasteiger partial charge is 0.399 e. The van der Waals surface area contributed by atoms with E-state index in [1.807, 2.05) is 0 Å². The summed E-state index contributed by atoms with van der Waals surface area (Å²) in [6, 6.07) is 9.46. The standard InChI is InChI=1S/C22H22N4O4/c23-13-5-7-15-17(11-13)21(29)25(19(15)27)9-3-1-2-4-10-26-20(28)16-8-6-14(24)12-18(16)22(26)30/h5-8,11-12H,1-4,9-10,23-24H2. The van der Waals surface area contributed by atoms with Crippen LogP contribution in [0.2, 0.25) is 0 Å². The Morgan fingerprint density at radius 3 is 1.30 bits per heavy atom. The van der Waals surface area contributed by atoms with Gasteiger partial charge in [0.15, 0.2) is 0 Å². The van der Waals surface area contributed by atoms with Gasteiger partial charge in [-0.15, -0.1) is 0 Å². The third-order valence-electron chi connectivity index (χ3n) is 5.50. The van der Waals surface area contributed by atoms with Gasteiger partial charge in [0.25, 0.3) is 23.6 Å².